The normalized spacial score (nSPS) is 21.1. The van der Waals surface area contributed by atoms with Gasteiger partial charge < -0.3 is 15.1 Å². The molecular formula is C11H21N3O2. The number of hydrogen-bond donors (Lipinski definition) is 1. The van der Waals surface area contributed by atoms with Gasteiger partial charge in [-0.15, -0.1) is 0 Å². The molecular weight excluding hydrogens is 206 g/mol. The molecule has 0 saturated carbocycles. The first-order valence-electron chi connectivity index (χ1n) is 5.76. The van der Waals surface area contributed by atoms with Gasteiger partial charge in [0.1, 0.15) is 0 Å². The van der Waals surface area contributed by atoms with Gasteiger partial charge >= 0.3 is 0 Å². The van der Waals surface area contributed by atoms with Gasteiger partial charge in [0.15, 0.2) is 0 Å². The molecule has 1 saturated heterocycles. The van der Waals surface area contributed by atoms with Crippen molar-refractivity contribution in [2.45, 2.75) is 25.8 Å². The van der Waals surface area contributed by atoms with E-state index in [2.05, 4.69) is 5.32 Å². The minimum absolute atomic E-state index is 0.0991. The minimum Gasteiger partial charge on any atom is -0.345 e. The molecule has 0 spiro atoms. The number of nitrogens with zero attached hydrogens (tertiary/aromatic N) is 2. The lowest BCUT2D eigenvalue weighted by Crippen LogP contribution is -2.49. The fraction of sp³-hybridized carbons (Fsp3) is 0.818. The van der Waals surface area contributed by atoms with Crippen molar-refractivity contribution >= 4 is 11.8 Å². The van der Waals surface area contributed by atoms with Crippen molar-refractivity contribution in [1.29, 1.82) is 0 Å². The number of likely N-dealkylation sites (tertiary alicyclic amines) is 1. The highest BCUT2D eigenvalue weighted by Gasteiger charge is 2.22. The topological polar surface area (TPSA) is 52.7 Å². The van der Waals surface area contributed by atoms with Gasteiger partial charge in [-0.2, -0.15) is 0 Å². The largest absolute Gasteiger partial charge is 0.345 e. The van der Waals surface area contributed by atoms with E-state index in [0.717, 1.165) is 13.0 Å². The molecule has 2 amide bonds. The summed E-state index contributed by atoms with van der Waals surface area (Å²) in [4.78, 5) is 26.2. The van der Waals surface area contributed by atoms with Gasteiger partial charge in [0, 0.05) is 39.6 Å². The van der Waals surface area contributed by atoms with Gasteiger partial charge in [0.2, 0.25) is 11.8 Å². The van der Waals surface area contributed by atoms with Gasteiger partial charge in [-0.05, 0) is 13.3 Å². The van der Waals surface area contributed by atoms with Crippen molar-refractivity contribution in [3.05, 3.63) is 0 Å². The Bertz CT molecular complexity index is 268. The van der Waals surface area contributed by atoms with Crippen molar-refractivity contribution in [2.24, 2.45) is 0 Å². The van der Waals surface area contributed by atoms with Crippen molar-refractivity contribution in [3.8, 4) is 0 Å². The first kappa shape index (κ1) is 13.0. The van der Waals surface area contributed by atoms with E-state index in [1.54, 1.807) is 23.9 Å². The molecule has 1 fully saturated rings. The molecule has 92 valence electrons. The van der Waals surface area contributed by atoms with E-state index in [9.17, 15) is 9.59 Å². The van der Waals surface area contributed by atoms with Crippen LogP contribution in [0.3, 0.4) is 0 Å². The zero-order chi connectivity index (χ0) is 12.1. The lowest BCUT2D eigenvalue weighted by Gasteiger charge is -2.30. The SMILES string of the molecule is CCN(C)C(=O)CNC1CCC(=O)N(C)C1. The summed E-state index contributed by atoms with van der Waals surface area (Å²) in [7, 11) is 3.59. The zero-order valence-electron chi connectivity index (χ0n) is 10.3. The Kier molecular flexibility index (Phi) is 4.73. The number of carbonyl (C=O) groups excluding carboxylic acids is 2. The average molecular weight is 227 g/mol. The Morgan fingerprint density at radius 3 is 2.88 bits per heavy atom. The predicted molar refractivity (Wildman–Crippen MR) is 62.0 cm³/mol. The van der Waals surface area contributed by atoms with Crippen LogP contribution in [0, 0.1) is 0 Å². The molecule has 1 aliphatic heterocycles. The Hall–Kier alpha value is -1.10. The smallest absolute Gasteiger partial charge is 0.236 e. The molecule has 1 N–H and O–H groups in total. The van der Waals surface area contributed by atoms with Gasteiger partial charge in [0.25, 0.3) is 0 Å². The molecule has 0 radical (unpaired) electrons. The van der Waals surface area contributed by atoms with E-state index < -0.39 is 0 Å². The molecule has 1 atom stereocenters. The predicted octanol–water partition coefficient (Wildman–Crippen LogP) is -0.325. The molecule has 16 heavy (non-hydrogen) atoms. The summed E-state index contributed by atoms with van der Waals surface area (Å²) in [6.07, 6.45) is 1.40. The van der Waals surface area contributed by atoms with Crippen molar-refractivity contribution in [2.75, 3.05) is 33.7 Å². The zero-order valence-corrected chi connectivity index (χ0v) is 10.3. The second kappa shape index (κ2) is 5.84. The summed E-state index contributed by atoms with van der Waals surface area (Å²) in [6.45, 7) is 3.73. The quantitative estimate of drug-likeness (QED) is 0.716. The highest BCUT2D eigenvalue weighted by Crippen LogP contribution is 2.09. The van der Waals surface area contributed by atoms with Gasteiger partial charge in [-0.1, -0.05) is 0 Å². The summed E-state index contributed by atoms with van der Waals surface area (Å²) in [5.41, 5.74) is 0. The molecule has 0 aromatic heterocycles. The Balaban J connectivity index is 2.28. The van der Waals surface area contributed by atoms with Crippen molar-refractivity contribution in [3.63, 3.8) is 0 Å². The minimum atomic E-state index is 0.0991. The number of carbonyl (C=O) groups is 2. The van der Waals surface area contributed by atoms with E-state index >= 15 is 0 Å². The summed E-state index contributed by atoms with van der Waals surface area (Å²) in [5.74, 6) is 0.289. The maximum atomic E-state index is 11.5. The second-order valence-corrected chi connectivity index (χ2v) is 4.30. The Labute approximate surface area is 96.8 Å². The molecule has 1 heterocycles. The molecule has 0 aromatic rings. The van der Waals surface area contributed by atoms with Gasteiger partial charge in [-0.25, -0.2) is 0 Å². The lowest BCUT2D eigenvalue weighted by molar-refractivity contribution is -0.132. The highest BCUT2D eigenvalue weighted by molar-refractivity contribution is 5.78. The Morgan fingerprint density at radius 2 is 2.31 bits per heavy atom. The lowest BCUT2D eigenvalue weighted by atomic mass is 10.1. The molecule has 0 bridgehead atoms. The number of amides is 2. The van der Waals surface area contributed by atoms with Crippen molar-refractivity contribution < 1.29 is 9.59 Å². The molecule has 0 aliphatic carbocycles. The number of nitrogens with one attached hydrogen (secondary N) is 1. The van der Waals surface area contributed by atoms with Crippen LogP contribution in [0.1, 0.15) is 19.8 Å². The maximum absolute atomic E-state index is 11.5. The average Bonchev–Trinajstić information content (AvgIpc) is 2.29. The van der Waals surface area contributed by atoms with Crippen LogP contribution in [0.25, 0.3) is 0 Å². The number of hydrogen-bond acceptors (Lipinski definition) is 3. The van der Waals surface area contributed by atoms with E-state index in [1.807, 2.05) is 6.92 Å². The molecule has 1 rings (SSSR count). The number of piperidine rings is 1. The van der Waals surface area contributed by atoms with Crippen LogP contribution < -0.4 is 5.32 Å². The molecule has 1 unspecified atom stereocenters. The number of rotatable bonds is 4. The molecule has 0 aromatic carbocycles. The van der Waals surface area contributed by atoms with Crippen LogP contribution >= 0.6 is 0 Å². The van der Waals surface area contributed by atoms with Crippen LogP contribution in [0.15, 0.2) is 0 Å². The monoisotopic (exact) mass is 227 g/mol. The number of likely N-dealkylation sites (N-methyl/N-ethyl adjacent to an activating group) is 2. The first-order chi connectivity index (χ1) is 7.54. The maximum Gasteiger partial charge on any atom is 0.236 e. The first-order valence-corrected chi connectivity index (χ1v) is 5.76. The van der Waals surface area contributed by atoms with Crippen LogP contribution in [-0.2, 0) is 9.59 Å². The van der Waals surface area contributed by atoms with Crippen LogP contribution in [0.2, 0.25) is 0 Å². The molecule has 5 nitrogen and oxygen atoms in total. The molecule has 5 heteroatoms. The van der Waals surface area contributed by atoms with E-state index in [-0.39, 0.29) is 17.9 Å². The third kappa shape index (κ3) is 3.48. The fourth-order valence-corrected chi connectivity index (χ4v) is 1.72. The van der Waals surface area contributed by atoms with Crippen LogP contribution in [0.4, 0.5) is 0 Å². The fourth-order valence-electron chi connectivity index (χ4n) is 1.72. The molecule has 1 aliphatic rings. The van der Waals surface area contributed by atoms with E-state index in [4.69, 9.17) is 0 Å². The van der Waals surface area contributed by atoms with Crippen LogP contribution in [-0.4, -0.2) is 61.4 Å². The third-order valence-electron chi connectivity index (χ3n) is 3.07. The van der Waals surface area contributed by atoms with Crippen molar-refractivity contribution in [1.82, 2.24) is 15.1 Å². The van der Waals surface area contributed by atoms with E-state index in [0.29, 0.717) is 19.5 Å². The second-order valence-electron chi connectivity index (χ2n) is 4.30. The highest BCUT2D eigenvalue weighted by atomic mass is 16.2. The van der Waals surface area contributed by atoms with E-state index in [1.165, 1.54) is 0 Å². The third-order valence-corrected chi connectivity index (χ3v) is 3.07. The van der Waals surface area contributed by atoms with Crippen LogP contribution in [0.5, 0.6) is 0 Å². The summed E-state index contributed by atoms with van der Waals surface area (Å²) < 4.78 is 0. The van der Waals surface area contributed by atoms with Gasteiger partial charge in [-0.3, -0.25) is 9.59 Å². The van der Waals surface area contributed by atoms with Gasteiger partial charge in [0.05, 0.1) is 6.54 Å². The standard InChI is InChI=1S/C11H21N3O2/c1-4-13(2)11(16)7-12-9-5-6-10(15)14(3)8-9/h9,12H,4-8H2,1-3H3. The Morgan fingerprint density at radius 1 is 1.62 bits per heavy atom. The summed E-state index contributed by atoms with van der Waals surface area (Å²) in [6, 6.07) is 0.247. The summed E-state index contributed by atoms with van der Waals surface area (Å²) >= 11 is 0. The summed E-state index contributed by atoms with van der Waals surface area (Å²) in [5, 5.41) is 3.20.